The maximum absolute atomic E-state index is 15.4. The second kappa shape index (κ2) is 9.09. The van der Waals surface area contributed by atoms with Gasteiger partial charge in [0.1, 0.15) is 11.6 Å². The second-order valence-corrected chi connectivity index (χ2v) is 9.24. The Hall–Kier alpha value is -2.41. The van der Waals surface area contributed by atoms with E-state index in [1.165, 1.54) is 12.1 Å². The lowest BCUT2D eigenvalue weighted by molar-refractivity contribution is -0.155. The van der Waals surface area contributed by atoms with Crippen LogP contribution in [-0.2, 0) is 6.42 Å². The summed E-state index contributed by atoms with van der Waals surface area (Å²) in [4.78, 5) is 1.16. The first-order valence-electron chi connectivity index (χ1n) is 11.5. The number of anilines is 1. The summed E-state index contributed by atoms with van der Waals surface area (Å²) in [6, 6.07) is 6.23. The molecule has 2 aromatic rings. The van der Waals surface area contributed by atoms with Gasteiger partial charge in [0.25, 0.3) is 0 Å². The molecule has 1 saturated carbocycles. The molecule has 2 nitrogen and oxygen atoms in total. The van der Waals surface area contributed by atoms with Crippen LogP contribution in [-0.4, -0.2) is 29.7 Å². The number of rotatable bonds is 6. The smallest absolute Gasteiger partial charge is 0.382 e. The van der Waals surface area contributed by atoms with Crippen molar-refractivity contribution in [3.05, 3.63) is 70.8 Å². The normalized spacial score (nSPS) is 21.4. The van der Waals surface area contributed by atoms with E-state index in [1.54, 1.807) is 19.1 Å². The van der Waals surface area contributed by atoms with Crippen molar-refractivity contribution in [2.75, 3.05) is 11.9 Å². The first-order chi connectivity index (χ1) is 15.6. The molecular formula is C26H29F5N2. The molecule has 1 N–H and O–H groups in total. The quantitative estimate of drug-likeness (QED) is 0.453. The summed E-state index contributed by atoms with van der Waals surface area (Å²) >= 11 is 0. The van der Waals surface area contributed by atoms with Crippen molar-refractivity contribution in [3.63, 3.8) is 0 Å². The maximum Gasteiger partial charge on any atom is 0.401 e. The molecule has 2 aliphatic rings. The summed E-state index contributed by atoms with van der Waals surface area (Å²) in [5.41, 5.74) is 3.08. The van der Waals surface area contributed by atoms with Crippen molar-refractivity contribution in [1.82, 2.24) is 4.90 Å². The highest BCUT2D eigenvalue weighted by atomic mass is 19.4. The Bertz CT molecular complexity index is 1020. The highest BCUT2D eigenvalue weighted by Crippen LogP contribution is 2.43. The fourth-order valence-electron chi connectivity index (χ4n) is 4.83. The molecule has 2 aromatic carbocycles. The molecule has 33 heavy (non-hydrogen) atoms. The van der Waals surface area contributed by atoms with E-state index in [9.17, 15) is 13.2 Å². The molecule has 1 heterocycles. The molecular weight excluding hydrogens is 435 g/mol. The number of fused-ring (bicyclic) bond motifs is 1. The van der Waals surface area contributed by atoms with Crippen LogP contribution in [0.2, 0.25) is 0 Å². The Morgan fingerprint density at radius 1 is 1.12 bits per heavy atom. The van der Waals surface area contributed by atoms with E-state index in [2.05, 4.69) is 11.9 Å². The van der Waals surface area contributed by atoms with Gasteiger partial charge in [0.2, 0.25) is 0 Å². The third kappa shape index (κ3) is 4.93. The molecule has 0 spiro atoms. The van der Waals surface area contributed by atoms with Crippen LogP contribution < -0.4 is 5.32 Å². The molecule has 4 rings (SSSR count). The van der Waals surface area contributed by atoms with Crippen LogP contribution >= 0.6 is 0 Å². The largest absolute Gasteiger partial charge is 0.401 e. The van der Waals surface area contributed by atoms with Crippen molar-refractivity contribution in [2.45, 2.75) is 70.3 Å². The van der Waals surface area contributed by atoms with Gasteiger partial charge in [-0.05, 0) is 73.4 Å². The van der Waals surface area contributed by atoms with Crippen LogP contribution in [0.1, 0.15) is 67.8 Å². The van der Waals surface area contributed by atoms with Crippen LogP contribution in [0, 0.1) is 11.6 Å². The Morgan fingerprint density at radius 3 is 2.33 bits per heavy atom. The molecule has 178 valence electrons. The monoisotopic (exact) mass is 464 g/mol. The summed E-state index contributed by atoms with van der Waals surface area (Å²) in [5, 5.41) is 3.11. The fraction of sp³-hybridized carbons (Fsp3) is 0.462. The van der Waals surface area contributed by atoms with Crippen LogP contribution in [0.15, 0.2) is 36.9 Å². The number of benzene rings is 2. The van der Waals surface area contributed by atoms with Gasteiger partial charge in [0.15, 0.2) is 0 Å². The van der Waals surface area contributed by atoms with E-state index in [0.717, 1.165) is 47.3 Å². The Morgan fingerprint density at radius 2 is 1.79 bits per heavy atom. The molecule has 0 aromatic heterocycles. The Kier molecular flexibility index (Phi) is 6.54. The van der Waals surface area contributed by atoms with Crippen LogP contribution in [0.3, 0.4) is 0 Å². The molecule has 1 unspecified atom stereocenters. The average Bonchev–Trinajstić information content (AvgIpc) is 2.70. The predicted molar refractivity (Wildman–Crippen MR) is 121 cm³/mol. The van der Waals surface area contributed by atoms with Crippen molar-refractivity contribution in [2.24, 2.45) is 0 Å². The van der Waals surface area contributed by atoms with E-state index in [1.807, 2.05) is 13.0 Å². The fourth-order valence-corrected chi connectivity index (χ4v) is 4.83. The molecule has 1 fully saturated rings. The highest BCUT2D eigenvalue weighted by Gasteiger charge is 2.42. The summed E-state index contributed by atoms with van der Waals surface area (Å²) in [7, 11) is 0. The number of hydrogen-bond donors (Lipinski definition) is 1. The molecule has 7 heteroatoms. The molecule has 1 aliphatic carbocycles. The van der Waals surface area contributed by atoms with E-state index in [4.69, 9.17) is 0 Å². The zero-order chi connectivity index (χ0) is 23.9. The summed E-state index contributed by atoms with van der Waals surface area (Å²) < 4.78 is 71.2. The van der Waals surface area contributed by atoms with Gasteiger partial charge in [0.05, 0.1) is 12.6 Å². The molecule has 1 aliphatic heterocycles. The van der Waals surface area contributed by atoms with E-state index in [0.29, 0.717) is 17.7 Å². The lowest BCUT2D eigenvalue weighted by atomic mass is 9.83. The number of alkyl halides is 3. The molecule has 2 atom stereocenters. The zero-order valence-corrected chi connectivity index (χ0v) is 18.9. The molecule has 0 bridgehead atoms. The van der Waals surface area contributed by atoms with Gasteiger partial charge >= 0.3 is 6.18 Å². The van der Waals surface area contributed by atoms with Gasteiger partial charge in [-0.3, -0.25) is 4.90 Å². The van der Waals surface area contributed by atoms with Gasteiger partial charge in [-0.1, -0.05) is 31.7 Å². The minimum Gasteiger partial charge on any atom is -0.382 e. The van der Waals surface area contributed by atoms with Crippen molar-refractivity contribution >= 4 is 11.3 Å². The van der Waals surface area contributed by atoms with Gasteiger partial charge in [-0.25, -0.2) is 8.78 Å². The SMILES string of the molecule is C=C(CC)c1ccc2c(c1)C[C@@H](C)N(CC(F)(F)F)C2c1c(F)cc(NC2CCC2)cc1F. The van der Waals surface area contributed by atoms with Crippen LogP contribution in [0.25, 0.3) is 5.57 Å². The third-order valence-electron chi connectivity index (χ3n) is 6.88. The zero-order valence-electron chi connectivity index (χ0n) is 18.9. The average molecular weight is 465 g/mol. The summed E-state index contributed by atoms with van der Waals surface area (Å²) in [5.74, 6) is -1.67. The van der Waals surface area contributed by atoms with E-state index in [-0.39, 0.29) is 11.6 Å². The van der Waals surface area contributed by atoms with E-state index < -0.39 is 36.4 Å². The number of halogens is 5. The summed E-state index contributed by atoms with van der Waals surface area (Å²) in [6.45, 7) is 6.44. The highest BCUT2D eigenvalue weighted by molar-refractivity contribution is 5.65. The lowest BCUT2D eigenvalue weighted by Gasteiger charge is -2.43. The summed E-state index contributed by atoms with van der Waals surface area (Å²) in [6.07, 6.45) is -0.476. The predicted octanol–water partition coefficient (Wildman–Crippen LogP) is 7.25. The van der Waals surface area contributed by atoms with Gasteiger partial charge in [-0.15, -0.1) is 0 Å². The lowest BCUT2D eigenvalue weighted by Crippen LogP contribution is -2.47. The standard InChI is InChI=1S/C26H29F5N2/c1-4-15(2)17-8-9-21-18(11-17)10-16(3)33(14-26(29,30)31)25(21)24-22(27)12-20(13-23(24)28)32-19-6-5-7-19/h8-9,11-13,16,19,25,32H,2,4-7,10,14H2,1,3H3/t16-,25?/m1/s1. The third-order valence-corrected chi connectivity index (χ3v) is 6.88. The second-order valence-electron chi connectivity index (χ2n) is 9.24. The maximum atomic E-state index is 15.4. The molecule has 0 radical (unpaired) electrons. The van der Waals surface area contributed by atoms with Crippen molar-refractivity contribution < 1.29 is 22.0 Å². The first kappa shape index (κ1) is 23.7. The Balaban J connectivity index is 1.81. The number of nitrogens with zero attached hydrogens (tertiary/aromatic N) is 1. The van der Waals surface area contributed by atoms with Crippen molar-refractivity contribution in [1.29, 1.82) is 0 Å². The minimum absolute atomic E-state index is 0.178. The van der Waals surface area contributed by atoms with E-state index >= 15 is 8.78 Å². The minimum atomic E-state index is -4.50. The van der Waals surface area contributed by atoms with Gasteiger partial charge < -0.3 is 5.32 Å². The van der Waals surface area contributed by atoms with Crippen molar-refractivity contribution in [3.8, 4) is 0 Å². The van der Waals surface area contributed by atoms with Crippen LogP contribution in [0.5, 0.6) is 0 Å². The number of hydrogen-bond acceptors (Lipinski definition) is 2. The van der Waals surface area contributed by atoms with Gasteiger partial charge in [0, 0.05) is 23.3 Å². The van der Waals surface area contributed by atoms with Crippen LogP contribution in [0.4, 0.5) is 27.6 Å². The van der Waals surface area contributed by atoms with Gasteiger partial charge in [-0.2, -0.15) is 13.2 Å². The molecule has 0 amide bonds. The molecule has 0 saturated heterocycles. The first-order valence-corrected chi connectivity index (χ1v) is 11.5. The topological polar surface area (TPSA) is 15.3 Å². The number of allylic oxidation sites excluding steroid dienone is 1. The Labute approximate surface area is 191 Å². The number of nitrogens with one attached hydrogen (secondary N) is 1.